The molecule has 16 heavy (non-hydrogen) atoms. The Morgan fingerprint density at radius 1 is 1.38 bits per heavy atom. The van der Waals surface area contributed by atoms with E-state index < -0.39 is 0 Å². The molecule has 0 atom stereocenters. The highest BCUT2D eigenvalue weighted by Crippen LogP contribution is 2.37. The van der Waals surface area contributed by atoms with E-state index in [2.05, 4.69) is 5.16 Å². The van der Waals surface area contributed by atoms with E-state index in [9.17, 15) is 0 Å². The van der Waals surface area contributed by atoms with Crippen LogP contribution in [-0.2, 0) is 0 Å². The van der Waals surface area contributed by atoms with Crippen LogP contribution in [0.3, 0.4) is 0 Å². The van der Waals surface area contributed by atoms with Crippen LogP contribution in [0.5, 0.6) is 5.75 Å². The molecule has 0 fully saturated rings. The maximum absolute atomic E-state index is 6.00. The van der Waals surface area contributed by atoms with E-state index in [-0.39, 0.29) is 5.88 Å². The molecule has 1 aromatic heterocycles. The average Bonchev–Trinajstić information content (AvgIpc) is 2.63. The first-order chi connectivity index (χ1) is 7.63. The fourth-order valence-electron chi connectivity index (χ4n) is 1.65. The average molecular weight is 239 g/mol. The molecule has 0 amide bonds. The van der Waals surface area contributed by atoms with Gasteiger partial charge in [0.05, 0.1) is 18.9 Å². The number of methoxy groups -OCH3 is 1. The number of hydrogen-bond acceptors (Lipinski definition) is 4. The Labute approximate surface area is 97.9 Å². The highest BCUT2D eigenvalue weighted by Gasteiger charge is 2.15. The smallest absolute Gasteiger partial charge is 0.230 e. The van der Waals surface area contributed by atoms with Crippen LogP contribution < -0.4 is 10.5 Å². The van der Waals surface area contributed by atoms with Crippen molar-refractivity contribution in [1.82, 2.24) is 5.16 Å². The lowest BCUT2D eigenvalue weighted by Crippen LogP contribution is -1.93. The summed E-state index contributed by atoms with van der Waals surface area (Å²) in [4.78, 5) is 0. The van der Waals surface area contributed by atoms with Crippen molar-refractivity contribution in [3.63, 3.8) is 0 Å². The summed E-state index contributed by atoms with van der Waals surface area (Å²) in [7, 11) is 1.60. The number of benzene rings is 1. The van der Waals surface area contributed by atoms with Crippen LogP contribution in [0.2, 0.25) is 5.02 Å². The first kappa shape index (κ1) is 10.8. The molecule has 2 rings (SSSR count). The normalized spacial score (nSPS) is 10.4. The van der Waals surface area contributed by atoms with Crippen molar-refractivity contribution >= 4 is 17.5 Å². The minimum absolute atomic E-state index is 0.250. The zero-order chi connectivity index (χ0) is 11.7. The van der Waals surface area contributed by atoms with E-state index in [0.29, 0.717) is 10.6 Å². The van der Waals surface area contributed by atoms with Crippen molar-refractivity contribution in [3.05, 3.63) is 28.9 Å². The minimum atomic E-state index is 0.250. The Morgan fingerprint density at radius 2 is 2.12 bits per heavy atom. The number of hydrogen-bond donors (Lipinski definition) is 1. The molecule has 2 N–H and O–H groups in total. The summed E-state index contributed by atoms with van der Waals surface area (Å²) in [6, 6.07) is 3.60. The molecule has 0 unspecified atom stereocenters. The van der Waals surface area contributed by atoms with Crippen LogP contribution in [0.25, 0.3) is 11.1 Å². The van der Waals surface area contributed by atoms with Crippen molar-refractivity contribution in [3.8, 4) is 16.9 Å². The van der Waals surface area contributed by atoms with Gasteiger partial charge in [0.25, 0.3) is 0 Å². The Balaban J connectivity index is 2.68. The summed E-state index contributed by atoms with van der Waals surface area (Å²) in [6.45, 7) is 1.91. The van der Waals surface area contributed by atoms with Gasteiger partial charge in [-0.15, -0.1) is 0 Å². The number of halogens is 1. The molecule has 2 aromatic rings. The van der Waals surface area contributed by atoms with Crippen molar-refractivity contribution in [2.45, 2.75) is 6.92 Å². The molecule has 1 heterocycles. The first-order valence-corrected chi connectivity index (χ1v) is 5.06. The molecule has 0 bridgehead atoms. The van der Waals surface area contributed by atoms with Gasteiger partial charge in [0, 0.05) is 10.6 Å². The summed E-state index contributed by atoms with van der Waals surface area (Å²) < 4.78 is 10.2. The molecule has 0 aliphatic heterocycles. The first-order valence-electron chi connectivity index (χ1n) is 4.68. The number of aryl methyl sites for hydroxylation is 1. The fourth-order valence-corrected chi connectivity index (χ4v) is 1.92. The molecular formula is C11H11ClN2O2. The molecule has 0 saturated carbocycles. The van der Waals surface area contributed by atoms with E-state index in [1.165, 1.54) is 0 Å². The molecule has 0 aliphatic carbocycles. The zero-order valence-electron chi connectivity index (χ0n) is 8.95. The highest BCUT2D eigenvalue weighted by atomic mass is 35.5. The van der Waals surface area contributed by atoms with Gasteiger partial charge < -0.3 is 15.0 Å². The number of anilines is 1. The number of nitrogen functional groups attached to an aromatic ring is 1. The summed E-state index contributed by atoms with van der Waals surface area (Å²) in [5.74, 6) is 0.972. The summed E-state index contributed by atoms with van der Waals surface area (Å²) in [6.07, 6.45) is 1.54. The van der Waals surface area contributed by atoms with Crippen molar-refractivity contribution in [1.29, 1.82) is 0 Å². The molecule has 5 heteroatoms. The largest absolute Gasteiger partial charge is 0.496 e. The van der Waals surface area contributed by atoms with Crippen LogP contribution in [0.1, 0.15) is 5.56 Å². The maximum Gasteiger partial charge on any atom is 0.230 e. The molecule has 84 valence electrons. The second-order valence-corrected chi connectivity index (χ2v) is 3.84. The minimum Gasteiger partial charge on any atom is -0.496 e. The third-order valence-electron chi connectivity index (χ3n) is 2.33. The van der Waals surface area contributed by atoms with E-state index in [1.54, 1.807) is 19.4 Å². The molecule has 0 saturated heterocycles. The topological polar surface area (TPSA) is 61.3 Å². The fraction of sp³-hybridized carbons (Fsp3) is 0.182. The van der Waals surface area contributed by atoms with Gasteiger partial charge in [0.1, 0.15) is 5.75 Å². The van der Waals surface area contributed by atoms with Gasteiger partial charge in [-0.3, -0.25) is 0 Å². The van der Waals surface area contributed by atoms with E-state index >= 15 is 0 Å². The van der Waals surface area contributed by atoms with Crippen LogP contribution in [-0.4, -0.2) is 12.3 Å². The molecule has 0 radical (unpaired) electrons. The molecule has 4 nitrogen and oxygen atoms in total. The van der Waals surface area contributed by atoms with Gasteiger partial charge in [-0.1, -0.05) is 16.8 Å². The quantitative estimate of drug-likeness (QED) is 0.874. The molecule has 0 aliphatic rings. The third-order valence-corrected chi connectivity index (χ3v) is 2.55. The van der Waals surface area contributed by atoms with Gasteiger partial charge in [-0.2, -0.15) is 0 Å². The van der Waals surface area contributed by atoms with Crippen LogP contribution >= 0.6 is 11.6 Å². The van der Waals surface area contributed by atoms with Gasteiger partial charge in [-0.25, -0.2) is 0 Å². The van der Waals surface area contributed by atoms with Crippen molar-refractivity contribution in [2.75, 3.05) is 12.8 Å². The standard InChI is InChI=1S/C11H11ClN2O2/c1-6-3-7(12)4-8(10(6)15-2)9-5-14-16-11(9)13/h3-5H,13H2,1-2H3. The number of aromatic nitrogens is 1. The monoisotopic (exact) mass is 238 g/mol. The van der Waals surface area contributed by atoms with Crippen molar-refractivity contribution < 1.29 is 9.26 Å². The number of nitrogens with two attached hydrogens (primary N) is 1. The lowest BCUT2D eigenvalue weighted by Gasteiger charge is -2.10. The molecular weight excluding hydrogens is 228 g/mol. The third kappa shape index (κ3) is 1.72. The predicted octanol–water partition coefficient (Wildman–Crippen LogP) is 2.89. The van der Waals surface area contributed by atoms with Crippen LogP contribution in [0.4, 0.5) is 5.88 Å². The molecule has 1 aromatic carbocycles. The van der Waals surface area contributed by atoms with E-state index in [1.807, 2.05) is 13.0 Å². The van der Waals surface area contributed by atoms with Gasteiger partial charge in [0.15, 0.2) is 0 Å². The Bertz CT molecular complexity index is 523. The lowest BCUT2D eigenvalue weighted by atomic mass is 10.0. The van der Waals surface area contributed by atoms with Crippen molar-refractivity contribution in [2.24, 2.45) is 0 Å². The van der Waals surface area contributed by atoms with Gasteiger partial charge in [-0.05, 0) is 24.6 Å². The summed E-state index contributed by atoms with van der Waals surface area (Å²) in [5, 5.41) is 4.25. The van der Waals surface area contributed by atoms with Gasteiger partial charge >= 0.3 is 0 Å². The second kappa shape index (κ2) is 4.06. The number of nitrogens with zero attached hydrogens (tertiary/aromatic N) is 1. The summed E-state index contributed by atoms with van der Waals surface area (Å²) >= 11 is 6.00. The molecule has 0 spiro atoms. The van der Waals surface area contributed by atoms with Crippen LogP contribution in [0, 0.1) is 6.92 Å². The Hall–Kier alpha value is -1.68. The van der Waals surface area contributed by atoms with E-state index in [4.69, 9.17) is 26.6 Å². The Kier molecular flexibility index (Phi) is 2.75. The highest BCUT2D eigenvalue weighted by molar-refractivity contribution is 6.31. The lowest BCUT2D eigenvalue weighted by molar-refractivity contribution is 0.413. The van der Waals surface area contributed by atoms with E-state index in [0.717, 1.165) is 16.9 Å². The zero-order valence-corrected chi connectivity index (χ0v) is 9.71. The maximum atomic E-state index is 6.00. The van der Waals surface area contributed by atoms with Crippen LogP contribution in [0.15, 0.2) is 22.9 Å². The second-order valence-electron chi connectivity index (χ2n) is 3.41. The predicted molar refractivity (Wildman–Crippen MR) is 62.7 cm³/mol. The number of ether oxygens (including phenoxy) is 1. The SMILES string of the molecule is COc1c(C)cc(Cl)cc1-c1cnoc1N. The van der Waals surface area contributed by atoms with Gasteiger partial charge in [0.2, 0.25) is 5.88 Å². The Morgan fingerprint density at radius 3 is 2.69 bits per heavy atom. The number of rotatable bonds is 2. The summed E-state index contributed by atoms with van der Waals surface area (Å²) in [5.41, 5.74) is 8.07.